The first-order chi connectivity index (χ1) is 16.4. The minimum atomic E-state index is -0.719. The first-order valence-corrected chi connectivity index (χ1v) is 11.3. The lowest BCUT2D eigenvalue weighted by molar-refractivity contribution is 0.0714. The molecule has 1 aliphatic heterocycles. The molecule has 0 aliphatic carbocycles. The number of rotatable bonds is 5. The summed E-state index contributed by atoms with van der Waals surface area (Å²) < 4.78 is 11.6. The summed E-state index contributed by atoms with van der Waals surface area (Å²) in [6.45, 7) is 4.26. The number of hydrogen-bond acceptors (Lipinski definition) is 5. The molecule has 3 aromatic carbocycles. The Morgan fingerprint density at radius 2 is 1.85 bits per heavy atom. The van der Waals surface area contributed by atoms with Gasteiger partial charge in [-0.2, -0.15) is 0 Å². The summed E-state index contributed by atoms with van der Waals surface area (Å²) in [5, 5.41) is 11.0. The Balaban J connectivity index is 1.75. The maximum Gasteiger partial charge on any atom is 0.291 e. The van der Waals surface area contributed by atoms with Crippen LogP contribution in [0, 0.1) is 6.92 Å². The molecular weight excluding hydrogens is 454 g/mol. The minimum absolute atomic E-state index is 0.0161. The molecule has 1 N–H and O–H groups in total. The Hall–Kier alpha value is -3.77. The van der Waals surface area contributed by atoms with E-state index in [9.17, 15) is 14.7 Å². The fourth-order valence-electron chi connectivity index (χ4n) is 4.40. The van der Waals surface area contributed by atoms with Gasteiger partial charge in [-0.05, 0) is 54.8 Å². The van der Waals surface area contributed by atoms with Crippen LogP contribution >= 0.6 is 11.6 Å². The van der Waals surface area contributed by atoms with Gasteiger partial charge < -0.3 is 19.2 Å². The van der Waals surface area contributed by atoms with E-state index in [-0.39, 0.29) is 40.7 Å². The molecule has 5 rings (SSSR count). The van der Waals surface area contributed by atoms with Crippen LogP contribution < -0.4 is 10.2 Å². The third kappa shape index (κ3) is 3.60. The molecule has 0 bridgehead atoms. The van der Waals surface area contributed by atoms with Gasteiger partial charge in [0, 0.05) is 11.6 Å². The Morgan fingerprint density at radius 3 is 2.59 bits per heavy atom. The van der Waals surface area contributed by atoms with E-state index in [1.807, 2.05) is 44.2 Å². The third-order valence-electron chi connectivity index (χ3n) is 6.04. The number of nitrogens with zero attached hydrogens (tertiary/aromatic N) is 1. The first-order valence-electron chi connectivity index (χ1n) is 11.0. The number of aromatic hydroxyl groups is 1. The number of carbonyl (C=O) groups excluding carboxylic acids is 1. The summed E-state index contributed by atoms with van der Waals surface area (Å²) in [5.41, 5.74) is 2.56. The van der Waals surface area contributed by atoms with Gasteiger partial charge in [-0.3, -0.25) is 9.59 Å². The van der Waals surface area contributed by atoms with Crippen molar-refractivity contribution in [1.29, 1.82) is 0 Å². The molecule has 7 heteroatoms. The molecule has 6 nitrogen and oxygen atoms in total. The summed E-state index contributed by atoms with van der Waals surface area (Å²) in [4.78, 5) is 28.9. The van der Waals surface area contributed by atoms with Gasteiger partial charge in [0.25, 0.3) is 5.91 Å². The van der Waals surface area contributed by atoms with Crippen molar-refractivity contribution in [2.75, 3.05) is 6.61 Å². The second kappa shape index (κ2) is 8.54. The number of benzene rings is 3. The van der Waals surface area contributed by atoms with Gasteiger partial charge in [0.15, 0.2) is 16.9 Å². The van der Waals surface area contributed by atoms with Gasteiger partial charge in [-0.1, -0.05) is 48.0 Å². The van der Waals surface area contributed by atoms with Crippen molar-refractivity contribution in [2.24, 2.45) is 0 Å². The number of phenols is 1. The number of fused-ring (bicyclic) bond motifs is 2. The highest BCUT2D eigenvalue weighted by atomic mass is 35.5. The standard InChI is InChI=1S/C27H22ClNO5/c1-3-33-22-12-17(9-10-20(22)30)24-23-25(31)18-13-19(28)15(2)11-21(18)34-26(23)27(32)29(24)14-16-7-5-4-6-8-16/h4-13,24,30H,3,14H2,1-2H3/t24-/m0/s1. The van der Waals surface area contributed by atoms with Crippen LogP contribution in [-0.4, -0.2) is 22.5 Å². The normalized spacial score (nSPS) is 15.1. The monoisotopic (exact) mass is 475 g/mol. The van der Waals surface area contributed by atoms with Gasteiger partial charge >= 0.3 is 0 Å². The van der Waals surface area contributed by atoms with Crippen molar-refractivity contribution in [2.45, 2.75) is 26.4 Å². The maximum atomic E-state index is 13.7. The summed E-state index contributed by atoms with van der Waals surface area (Å²) in [6, 6.07) is 16.9. The highest BCUT2D eigenvalue weighted by molar-refractivity contribution is 6.32. The highest BCUT2D eigenvalue weighted by Gasteiger charge is 2.43. The van der Waals surface area contributed by atoms with Crippen molar-refractivity contribution in [3.05, 3.63) is 104 Å². The molecule has 0 radical (unpaired) electrons. The predicted octanol–water partition coefficient (Wildman–Crippen LogP) is 5.60. The molecule has 2 heterocycles. The SMILES string of the molecule is CCOc1cc([C@H]2c3c(oc4cc(C)c(Cl)cc4c3=O)C(=O)N2Cc2ccccc2)ccc1O. The van der Waals surface area contributed by atoms with E-state index in [0.29, 0.717) is 28.2 Å². The summed E-state index contributed by atoms with van der Waals surface area (Å²) >= 11 is 6.30. The van der Waals surface area contributed by atoms with Crippen molar-refractivity contribution in [3.63, 3.8) is 0 Å². The van der Waals surface area contributed by atoms with E-state index in [0.717, 1.165) is 11.1 Å². The molecule has 34 heavy (non-hydrogen) atoms. The van der Waals surface area contributed by atoms with E-state index in [1.54, 1.807) is 29.2 Å². The number of aryl methyl sites for hydroxylation is 1. The van der Waals surface area contributed by atoms with E-state index >= 15 is 0 Å². The van der Waals surface area contributed by atoms with Crippen LogP contribution in [0.3, 0.4) is 0 Å². The number of carbonyl (C=O) groups is 1. The van der Waals surface area contributed by atoms with Gasteiger partial charge in [-0.25, -0.2) is 0 Å². The second-order valence-electron chi connectivity index (χ2n) is 8.25. The summed E-state index contributed by atoms with van der Waals surface area (Å²) in [6.07, 6.45) is 0. The first kappa shape index (κ1) is 22.0. The van der Waals surface area contributed by atoms with Crippen molar-refractivity contribution in [3.8, 4) is 11.5 Å². The molecule has 0 saturated heterocycles. The van der Waals surface area contributed by atoms with Crippen molar-refractivity contribution >= 4 is 28.5 Å². The maximum absolute atomic E-state index is 13.7. The third-order valence-corrected chi connectivity index (χ3v) is 6.45. The molecule has 4 aromatic rings. The molecule has 1 atom stereocenters. The van der Waals surface area contributed by atoms with Gasteiger partial charge in [0.2, 0.25) is 5.76 Å². The van der Waals surface area contributed by atoms with E-state index in [1.165, 1.54) is 6.07 Å². The Kier molecular flexibility index (Phi) is 5.54. The topological polar surface area (TPSA) is 80.0 Å². The van der Waals surface area contributed by atoms with Crippen LogP contribution in [0.5, 0.6) is 11.5 Å². The predicted molar refractivity (Wildman–Crippen MR) is 130 cm³/mol. The molecule has 0 spiro atoms. The molecule has 0 saturated carbocycles. The second-order valence-corrected chi connectivity index (χ2v) is 8.66. The number of phenolic OH excluding ortho intramolecular Hbond substituents is 1. The van der Waals surface area contributed by atoms with Crippen LogP contribution in [0.25, 0.3) is 11.0 Å². The van der Waals surface area contributed by atoms with Gasteiger partial charge in [0.05, 0.1) is 23.6 Å². The largest absolute Gasteiger partial charge is 0.504 e. The molecule has 0 fully saturated rings. The molecule has 1 aromatic heterocycles. The molecular formula is C27H22ClNO5. The average molecular weight is 476 g/mol. The lowest BCUT2D eigenvalue weighted by atomic mass is 9.97. The van der Waals surface area contributed by atoms with Crippen LogP contribution in [0.2, 0.25) is 5.02 Å². The zero-order chi connectivity index (χ0) is 24.0. The Bertz CT molecular complexity index is 1480. The van der Waals surface area contributed by atoms with E-state index in [4.69, 9.17) is 20.8 Å². The molecule has 1 amide bonds. The number of hydrogen-bond donors (Lipinski definition) is 1. The zero-order valence-electron chi connectivity index (χ0n) is 18.7. The molecule has 1 aliphatic rings. The van der Waals surface area contributed by atoms with Crippen LogP contribution in [0.15, 0.2) is 69.9 Å². The Morgan fingerprint density at radius 1 is 1.09 bits per heavy atom. The summed E-state index contributed by atoms with van der Waals surface area (Å²) in [5.74, 6) is -0.0883. The zero-order valence-corrected chi connectivity index (χ0v) is 19.4. The van der Waals surface area contributed by atoms with E-state index < -0.39 is 6.04 Å². The average Bonchev–Trinajstić information content (AvgIpc) is 3.09. The van der Waals surface area contributed by atoms with Crippen LogP contribution in [0.1, 0.15) is 45.8 Å². The van der Waals surface area contributed by atoms with Crippen LogP contribution in [-0.2, 0) is 6.54 Å². The Labute approximate surface area is 201 Å². The number of amides is 1. The summed E-state index contributed by atoms with van der Waals surface area (Å²) in [7, 11) is 0. The van der Waals surface area contributed by atoms with Crippen molar-refractivity contribution < 1.29 is 19.1 Å². The fraction of sp³-hybridized carbons (Fsp3) is 0.185. The smallest absolute Gasteiger partial charge is 0.291 e. The minimum Gasteiger partial charge on any atom is -0.504 e. The molecule has 172 valence electrons. The highest BCUT2D eigenvalue weighted by Crippen LogP contribution is 2.41. The van der Waals surface area contributed by atoms with E-state index in [2.05, 4.69) is 0 Å². The van der Waals surface area contributed by atoms with Crippen molar-refractivity contribution in [1.82, 2.24) is 4.90 Å². The fourth-order valence-corrected chi connectivity index (χ4v) is 4.57. The number of ether oxygens (including phenoxy) is 1. The quantitative estimate of drug-likeness (QED) is 0.406. The van der Waals surface area contributed by atoms with Gasteiger partial charge in [-0.15, -0.1) is 0 Å². The lowest BCUT2D eigenvalue weighted by Crippen LogP contribution is -2.29. The lowest BCUT2D eigenvalue weighted by Gasteiger charge is -2.25. The molecule has 0 unspecified atom stereocenters. The van der Waals surface area contributed by atoms with Gasteiger partial charge in [0.1, 0.15) is 5.58 Å². The van der Waals surface area contributed by atoms with Crippen LogP contribution in [0.4, 0.5) is 0 Å². The number of halogens is 1.